The molecule has 0 saturated heterocycles. The molecule has 0 N–H and O–H groups in total. The Morgan fingerprint density at radius 3 is 1.11 bits per heavy atom. The number of para-hydroxylation sites is 4. The molecular formula is C57H48N6. The Morgan fingerprint density at radius 1 is 0.429 bits per heavy atom. The van der Waals surface area contributed by atoms with Gasteiger partial charge in [-0.2, -0.15) is 0 Å². The van der Waals surface area contributed by atoms with Crippen LogP contribution < -0.4 is 14.7 Å². The third-order valence-corrected chi connectivity index (χ3v) is 11.0. The van der Waals surface area contributed by atoms with Crippen LogP contribution in [-0.4, -0.2) is 15.0 Å². The maximum atomic E-state index is 5.15. The molecule has 0 saturated carbocycles. The summed E-state index contributed by atoms with van der Waals surface area (Å²) in [6.45, 7) is 4.19. The minimum atomic E-state index is 0.597. The normalized spacial score (nSPS) is 12.5. The molecule has 1 heterocycles. The third-order valence-electron chi connectivity index (χ3n) is 11.0. The van der Waals surface area contributed by atoms with Gasteiger partial charge in [0.15, 0.2) is 17.5 Å². The maximum Gasteiger partial charge on any atom is 0.164 e. The van der Waals surface area contributed by atoms with E-state index in [1.165, 1.54) is 5.70 Å². The number of aromatic nitrogens is 3. The van der Waals surface area contributed by atoms with Gasteiger partial charge in [0.1, 0.15) is 0 Å². The van der Waals surface area contributed by atoms with Crippen molar-refractivity contribution in [2.45, 2.75) is 26.7 Å². The Morgan fingerprint density at radius 2 is 0.778 bits per heavy atom. The number of hydrogen-bond acceptors (Lipinski definition) is 6. The monoisotopic (exact) mass is 816 g/mol. The predicted octanol–water partition coefficient (Wildman–Crippen LogP) is 15.3. The van der Waals surface area contributed by atoms with Crippen LogP contribution in [0.15, 0.2) is 242 Å². The molecule has 0 fully saturated rings. The minimum absolute atomic E-state index is 0.597. The second-order valence-electron chi connectivity index (χ2n) is 15.2. The van der Waals surface area contributed by atoms with E-state index in [1.807, 2.05) is 31.2 Å². The van der Waals surface area contributed by atoms with Gasteiger partial charge >= 0.3 is 0 Å². The lowest BCUT2D eigenvalue weighted by Crippen LogP contribution is -2.20. The summed E-state index contributed by atoms with van der Waals surface area (Å²) in [6.07, 6.45) is 15.1. The molecule has 0 spiro atoms. The summed E-state index contributed by atoms with van der Waals surface area (Å²) in [7, 11) is 0. The highest BCUT2D eigenvalue weighted by Crippen LogP contribution is 2.38. The highest BCUT2D eigenvalue weighted by atomic mass is 15.2. The van der Waals surface area contributed by atoms with Crippen molar-refractivity contribution < 1.29 is 0 Å². The lowest BCUT2D eigenvalue weighted by Gasteiger charge is -2.28. The fourth-order valence-electron chi connectivity index (χ4n) is 7.88. The molecule has 63 heavy (non-hydrogen) atoms. The van der Waals surface area contributed by atoms with Crippen molar-refractivity contribution in [2.75, 3.05) is 14.7 Å². The average molecular weight is 817 g/mol. The smallest absolute Gasteiger partial charge is 0.164 e. The second kappa shape index (κ2) is 19.1. The molecule has 8 aromatic rings. The molecule has 0 bridgehead atoms. The lowest BCUT2D eigenvalue weighted by molar-refractivity contribution is 0.978. The van der Waals surface area contributed by atoms with Gasteiger partial charge in [-0.1, -0.05) is 97.1 Å². The Balaban J connectivity index is 1.12. The van der Waals surface area contributed by atoms with Crippen molar-refractivity contribution in [3.63, 3.8) is 0 Å². The van der Waals surface area contributed by atoms with Gasteiger partial charge in [-0.15, -0.1) is 0 Å². The summed E-state index contributed by atoms with van der Waals surface area (Å²) >= 11 is 0. The van der Waals surface area contributed by atoms with E-state index in [9.17, 15) is 0 Å². The van der Waals surface area contributed by atoms with Crippen molar-refractivity contribution in [2.24, 2.45) is 0 Å². The fraction of sp³-hybridized carbons (Fsp3) is 0.0702. The first-order chi connectivity index (χ1) is 31.1. The minimum Gasteiger partial charge on any atom is -0.315 e. The van der Waals surface area contributed by atoms with Crippen LogP contribution in [0, 0.1) is 0 Å². The first kappa shape index (κ1) is 40.3. The first-order valence-corrected chi connectivity index (χ1v) is 21.5. The number of hydrogen-bond donors (Lipinski definition) is 0. The van der Waals surface area contributed by atoms with Crippen molar-refractivity contribution in [1.29, 1.82) is 0 Å². The van der Waals surface area contributed by atoms with Gasteiger partial charge in [-0.25, -0.2) is 15.0 Å². The Hall–Kier alpha value is -8.09. The zero-order valence-corrected chi connectivity index (χ0v) is 35.5. The van der Waals surface area contributed by atoms with Crippen molar-refractivity contribution >= 4 is 39.8 Å². The van der Waals surface area contributed by atoms with E-state index in [0.29, 0.717) is 17.5 Å². The number of anilines is 7. The first-order valence-electron chi connectivity index (χ1n) is 21.5. The number of allylic oxidation sites excluding steroid dienone is 7. The summed E-state index contributed by atoms with van der Waals surface area (Å²) in [4.78, 5) is 22.3. The molecule has 0 unspecified atom stereocenters. The van der Waals surface area contributed by atoms with Gasteiger partial charge in [0.05, 0.1) is 0 Å². The largest absolute Gasteiger partial charge is 0.315 e. The van der Waals surface area contributed by atoms with Crippen LogP contribution in [0.1, 0.15) is 26.7 Å². The van der Waals surface area contributed by atoms with E-state index < -0.39 is 0 Å². The van der Waals surface area contributed by atoms with Crippen molar-refractivity contribution in [3.05, 3.63) is 242 Å². The maximum absolute atomic E-state index is 5.15. The summed E-state index contributed by atoms with van der Waals surface area (Å²) in [5.41, 5.74) is 12.4. The molecule has 0 radical (unpaired) electrons. The zero-order chi connectivity index (χ0) is 42.8. The average Bonchev–Trinajstić information content (AvgIpc) is 3.36. The number of rotatable bonds is 13. The highest BCUT2D eigenvalue weighted by Gasteiger charge is 2.19. The standard InChI is InChI=1S/C57H48N6/c1-3-4-20-43(2)61(47-21-10-5-11-22-47)52-37-31-44(32-38-52)55-58-56(45-33-39-53(40-34-45)62(48-23-12-6-13-24-48)49-25-14-7-15-26-49)60-57(59-55)46-35-41-54(42-36-46)63(50-27-16-8-17-28-50)51-29-18-9-19-30-51/h3-4,6-10,12-42H,5,11H2,1-2H3/b4-3-,43-20+. The van der Waals surface area contributed by atoms with Crippen LogP contribution in [0.25, 0.3) is 34.2 Å². The van der Waals surface area contributed by atoms with Crippen LogP contribution in [-0.2, 0) is 0 Å². The van der Waals surface area contributed by atoms with Crippen LogP contribution in [0.4, 0.5) is 39.8 Å². The molecule has 0 amide bonds. The van der Waals surface area contributed by atoms with Crippen LogP contribution in [0.2, 0.25) is 0 Å². The molecule has 7 aromatic carbocycles. The topological polar surface area (TPSA) is 48.4 Å². The van der Waals surface area contributed by atoms with E-state index >= 15 is 0 Å². The van der Waals surface area contributed by atoms with Crippen LogP contribution in [0.5, 0.6) is 0 Å². The summed E-state index contributed by atoms with van der Waals surface area (Å²) < 4.78 is 0. The van der Waals surface area contributed by atoms with Crippen molar-refractivity contribution in [3.8, 4) is 34.2 Å². The second-order valence-corrected chi connectivity index (χ2v) is 15.2. The molecule has 0 atom stereocenters. The molecule has 6 nitrogen and oxygen atoms in total. The Kier molecular flexibility index (Phi) is 12.2. The van der Waals surface area contributed by atoms with E-state index in [0.717, 1.165) is 75.0 Å². The molecule has 1 aromatic heterocycles. The number of nitrogens with zero attached hydrogens (tertiary/aromatic N) is 6. The van der Waals surface area contributed by atoms with Crippen molar-refractivity contribution in [1.82, 2.24) is 15.0 Å². The molecule has 306 valence electrons. The van der Waals surface area contributed by atoms with Crippen LogP contribution >= 0.6 is 0 Å². The Bertz CT molecular complexity index is 2650. The molecule has 1 aliphatic carbocycles. The molecule has 9 rings (SSSR count). The SMILES string of the molecule is C/C=C\C=C(/C)N(C1=CCCC=C1)c1ccc(-c2nc(-c3ccc(N(c4ccccc4)c4ccccc4)cc3)nc(-c3ccc(N(c4ccccc4)c4ccccc4)cc3)n2)cc1. The third kappa shape index (κ3) is 9.16. The van der Waals surface area contributed by atoms with Gasteiger partial charge in [-0.3, -0.25) is 0 Å². The summed E-state index contributed by atoms with van der Waals surface area (Å²) in [6, 6.07) is 67.2. The molecule has 6 heteroatoms. The van der Waals surface area contributed by atoms with Gasteiger partial charge in [0.2, 0.25) is 0 Å². The van der Waals surface area contributed by atoms with Gasteiger partial charge in [0, 0.05) is 67.9 Å². The van der Waals surface area contributed by atoms with Gasteiger partial charge in [-0.05, 0) is 160 Å². The van der Waals surface area contributed by atoms with E-state index in [1.54, 1.807) is 0 Å². The van der Waals surface area contributed by atoms with Gasteiger partial charge < -0.3 is 14.7 Å². The summed E-state index contributed by atoms with van der Waals surface area (Å²) in [5, 5.41) is 0. The van der Waals surface area contributed by atoms with E-state index in [2.05, 4.69) is 228 Å². The van der Waals surface area contributed by atoms with Crippen LogP contribution in [0.3, 0.4) is 0 Å². The number of benzene rings is 7. The zero-order valence-electron chi connectivity index (χ0n) is 35.5. The van der Waals surface area contributed by atoms with E-state index in [4.69, 9.17) is 15.0 Å². The quantitative estimate of drug-likeness (QED) is 0.108. The highest BCUT2D eigenvalue weighted by molar-refractivity contribution is 5.80. The van der Waals surface area contributed by atoms with E-state index in [-0.39, 0.29) is 0 Å². The molecular weight excluding hydrogens is 769 g/mol. The predicted molar refractivity (Wildman–Crippen MR) is 263 cm³/mol. The lowest BCUT2D eigenvalue weighted by atomic mass is 10.1. The van der Waals surface area contributed by atoms with Gasteiger partial charge in [0.25, 0.3) is 0 Å². The fourth-order valence-corrected chi connectivity index (χ4v) is 7.88. The Labute approximate surface area is 370 Å². The molecule has 1 aliphatic rings. The molecule has 0 aliphatic heterocycles. The summed E-state index contributed by atoms with van der Waals surface area (Å²) in [5.74, 6) is 1.80.